The maximum absolute atomic E-state index is 12.9. The molecule has 7 heteroatoms. The summed E-state index contributed by atoms with van der Waals surface area (Å²) in [6, 6.07) is 1.81. The predicted octanol–water partition coefficient (Wildman–Crippen LogP) is 3.00. The number of amides is 1. The van der Waals surface area contributed by atoms with Crippen LogP contribution in [0, 0.1) is 5.92 Å². The number of fused-ring (bicyclic) bond motifs is 2. The van der Waals surface area contributed by atoms with Crippen molar-refractivity contribution in [1.29, 1.82) is 0 Å². The maximum atomic E-state index is 12.9. The van der Waals surface area contributed by atoms with E-state index in [4.69, 9.17) is 9.51 Å². The first kappa shape index (κ1) is 19.2. The molecule has 7 nitrogen and oxygen atoms in total. The molecule has 0 radical (unpaired) electrons. The number of hydrogen-bond donors (Lipinski definition) is 1. The van der Waals surface area contributed by atoms with Gasteiger partial charge in [-0.1, -0.05) is 25.9 Å². The molecule has 0 aromatic carbocycles. The van der Waals surface area contributed by atoms with Crippen LogP contribution in [0.1, 0.15) is 67.7 Å². The van der Waals surface area contributed by atoms with Crippen molar-refractivity contribution in [2.75, 3.05) is 26.2 Å². The quantitative estimate of drug-likeness (QED) is 0.856. The molecule has 2 aromatic rings. The number of rotatable bonds is 5. The number of carbonyl (C=O) groups is 1. The summed E-state index contributed by atoms with van der Waals surface area (Å²) in [5.41, 5.74) is 3.26. The second-order valence-electron chi connectivity index (χ2n) is 8.57. The smallest absolute Gasteiger partial charge is 0.292 e. The molecule has 2 aromatic heterocycles. The molecular weight excluding hydrogens is 354 g/mol. The second-order valence-corrected chi connectivity index (χ2v) is 8.57. The monoisotopic (exact) mass is 385 g/mol. The molecule has 0 unspecified atom stereocenters. The zero-order valence-corrected chi connectivity index (χ0v) is 17.2. The van der Waals surface area contributed by atoms with Gasteiger partial charge in [-0.05, 0) is 38.1 Å². The van der Waals surface area contributed by atoms with E-state index in [1.165, 1.54) is 11.4 Å². The van der Waals surface area contributed by atoms with Crippen molar-refractivity contribution >= 4 is 5.91 Å². The van der Waals surface area contributed by atoms with Crippen LogP contribution < -0.4 is 0 Å². The molecule has 28 heavy (non-hydrogen) atoms. The van der Waals surface area contributed by atoms with Crippen LogP contribution in [0.25, 0.3) is 0 Å². The number of hydrogen-bond acceptors (Lipinski definition) is 5. The number of imidazole rings is 1. The van der Waals surface area contributed by atoms with E-state index in [-0.39, 0.29) is 11.4 Å². The van der Waals surface area contributed by atoms with E-state index >= 15 is 0 Å². The van der Waals surface area contributed by atoms with Crippen LogP contribution in [-0.2, 0) is 18.4 Å². The van der Waals surface area contributed by atoms with Gasteiger partial charge in [0.2, 0.25) is 5.76 Å². The Morgan fingerprint density at radius 3 is 2.82 bits per heavy atom. The topological polar surface area (TPSA) is 78.3 Å². The van der Waals surface area contributed by atoms with Gasteiger partial charge in [-0.25, -0.2) is 4.98 Å². The predicted molar refractivity (Wildman–Crippen MR) is 106 cm³/mol. The van der Waals surface area contributed by atoms with Gasteiger partial charge in [-0.3, -0.25) is 9.69 Å². The van der Waals surface area contributed by atoms with E-state index in [0.29, 0.717) is 24.8 Å². The van der Waals surface area contributed by atoms with Crippen molar-refractivity contribution in [2.45, 2.75) is 58.4 Å². The van der Waals surface area contributed by atoms with Crippen molar-refractivity contribution < 1.29 is 9.32 Å². The van der Waals surface area contributed by atoms with Crippen molar-refractivity contribution in [3.8, 4) is 0 Å². The van der Waals surface area contributed by atoms with Crippen LogP contribution in [0.2, 0.25) is 0 Å². The third-order valence-electron chi connectivity index (χ3n) is 6.15. The Labute approximate surface area is 166 Å². The number of aromatic nitrogens is 3. The maximum Gasteiger partial charge on any atom is 0.292 e. The Hall–Kier alpha value is -2.15. The molecule has 1 amide bonds. The van der Waals surface area contributed by atoms with Crippen LogP contribution >= 0.6 is 0 Å². The van der Waals surface area contributed by atoms with Crippen molar-refractivity contribution in [3.63, 3.8) is 0 Å². The van der Waals surface area contributed by atoms with Gasteiger partial charge in [-0.2, -0.15) is 0 Å². The van der Waals surface area contributed by atoms with E-state index in [1.54, 1.807) is 0 Å². The fourth-order valence-electron chi connectivity index (χ4n) is 4.83. The van der Waals surface area contributed by atoms with Gasteiger partial charge in [0.25, 0.3) is 5.91 Å². The Bertz CT molecular complexity index is 816. The number of nitrogens with one attached hydrogen (secondary N) is 1. The molecule has 2 aliphatic heterocycles. The average molecular weight is 386 g/mol. The molecule has 0 bridgehead atoms. The number of H-pyrrole nitrogens is 1. The Morgan fingerprint density at radius 1 is 1.32 bits per heavy atom. The highest BCUT2D eigenvalue weighted by atomic mass is 16.5. The van der Waals surface area contributed by atoms with Gasteiger partial charge >= 0.3 is 0 Å². The van der Waals surface area contributed by atoms with Crippen molar-refractivity contribution in [1.82, 2.24) is 24.9 Å². The highest BCUT2D eigenvalue weighted by Gasteiger charge is 2.47. The summed E-state index contributed by atoms with van der Waals surface area (Å²) in [5, 5.41) is 4.07. The number of carbonyl (C=O) groups excluding carboxylic acids is 1. The standard InChI is InChI=1S/C21H31N5O2/c1-4-8-26-9-5-17-19(23-14-22-17)21(26)6-10-25(11-7-21)20(27)18-13-16(24-28-18)12-15(2)3/h13-15H,4-12H2,1-3H3,(H,22,23). The molecule has 1 fully saturated rings. The molecule has 152 valence electrons. The lowest BCUT2D eigenvalue weighted by Gasteiger charge is -2.50. The molecular formula is C21H31N5O2. The van der Waals surface area contributed by atoms with E-state index in [9.17, 15) is 4.79 Å². The van der Waals surface area contributed by atoms with Crippen molar-refractivity contribution in [2.24, 2.45) is 5.92 Å². The number of nitrogens with zero attached hydrogens (tertiary/aromatic N) is 4. The van der Waals surface area contributed by atoms with Gasteiger partial charge < -0.3 is 14.4 Å². The van der Waals surface area contributed by atoms with Crippen LogP contribution in [0.5, 0.6) is 0 Å². The Morgan fingerprint density at radius 2 is 2.11 bits per heavy atom. The van der Waals surface area contributed by atoms with E-state index in [2.05, 4.69) is 35.8 Å². The molecule has 0 atom stereocenters. The first-order chi connectivity index (χ1) is 13.5. The molecule has 0 saturated carbocycles. The summed E-state index contributed by atoms with van der Waals surface area (Å²) in [7, 11) is 0. The highest BCUT2D eigenvalue weighted by molar-refractivity contribution is 5.91. The van der Waals surface area contributed by atoms with Gasteiger partial charge in [0.1, 0.15) is 0 Å². The van der Waals surface area contributed by atoms with Gasteiger partial charge in [0.15, 0.2) is 0 Å². The minimum absolute atomic E-state index is 0.0440. The van der Waals surface area contributed by atoms with Gasteiger partial charge in [-0.15, -0.1) is 0 Å². The van der Waals surface area contributed by atoms with E-state index < -0.39 is 0 Å². The molecule has 2 aliphatic rings. The summed E-state index contributed by atoms with van der Waals surface area (Å²) in [5.74, 6) is 0.806. The summed E-state index contributed by atoms with van der Waals surface area (Å²) >= 11 is 0. The van der Waals surface area contributed by atoms with Gasteiger partial charge in [0.05, 0.1) is 23.3 Å². The Kier molecular flexibility index (Phi) is 5.27. The number of piperidine rings is 1. The van der Waals surface area contributed by atoms with E-state index in [1.807, 2.05) is 17.3 Å². The van der Waals surface area contributed by atoms with Gasteiger partial charge in [0, 0.05) is 37.8 Å². The van der Waals surface area contributed by atoms with Crippen LogP contribution in [0.4, 0.5) is 0 Å². The van der Waals surface area contributed by atoms with Crippen LogP contribution in [0.3, 0.4) is 0 Å². The normalized spacial score (nSPS) is 19.4. The lowest BCUT2D eigenvalue weighted by Crippen LogP contribution is -2.57. The molecule has 1 spiro atoms. The fourth-order valence-corrected chi connectivity index (χ4v) is 4.83. The average Bonchev–Trinajstić information content (AvgIpc) is 3.34. The minimum Gasteiger partial charge on any atom is -0.351 e. The van der Waals surface area contributed by atoms with Crippen LogP contribution in [-0.4, -0.2) is 57.0 Å². The number of likely N-dealkylation sites (tertiary alicyclic amines) is 1. The summed E-state index contributed by atoms with van der Waals surface area (Å²) in [6.45, 7) is 10.0. The Balaban J connectivity index is 1.49. The largest absolute Gasteiger partial charge is 0.351 e. The SMILES string of the molecule is CCCN1CCc2[nH]cnc2C12CCN(C(=O)c1cc(CC(C)C)no1)CC2. The molecule has 1 N–H and O–H groups in total. The first-order valence-electron chi connectivity index (χ1n) is 10.6. The molecule has 4 rings (SSSR count). The zero-order valence-electron chi connectivity index (χ0n) is 17.2. The molecule has 0 aliphatic carbocycles. The molecule has 4 heterocycles. The van der Waals surface area contributed by atoms with Crippen LogP contribution in [0.15, 0.2) is 16.9 Å². The third-order valence-corrected chi connectivity index (χ3v) is 6.15. The van der Waals surface area contributed by atoms with E-state index in [0.717, 1.165) is 50.9 Å². The summed E-state index contributed by atoms with van der Waals surface area (Å²) < 4.78 is 5.35. The fraction of sp³-hybridized carbons (Fsp3) is 0.667. The lowest BCUT2D eigenvalue weighted by molar-refractivity contribution is 0.00588. The highest BCUT2D eigenvalue weighted by Crippen LogP contribution is 2.42. The minimum atomic E-state index is -0.0510. The summed E-state index contributed by atoms with van der Waals surface area (Å²) in [6.07, 6.45) is 6.61. The number of aromatic amines is 1. The third kappa shape index (κ3) is 3.36. The zero-order chi connectivity index (χ0) is 19.7. The second kappa shape index (κ2) is 7.70. The van der Waals surface area contributed by atoms with Crippen molar-refractivity contribution in [3.05, 3.63) is 35.2 Å². The molecule has 1 saturated heterocycles. The first-order valence-corrected chi connectivity index (χ1v) is 10.6. The summed E-state index contributed by atoms with van der Waals surface area (Å²) in [4.78, 5) is 25.5. The lowest BCUT2D eigenvalue weighted by atomic mass is 9.78.